The first-order valence-electron chi connectivity index (χ1n) is 8.62. The van der Waals surface area contributed by atoms with E-state index in [2.05, 4.69) is 27.5 Å². The van der Waals surface area contributed by atoms with Gasteiger partial charge in [0.05, 0.1) is 12.4 Å². The minimum absolute atomic E-state index is 0.261. The van der Waals surface area contributed by atoms with Crippen LogP contribution in [0.25, 0.3) is 0 Å². The zero-order valence-electron chi connectivity index (χ0n) is 15.2. The molecular weight excluding hydrogens is 324 g/mol. The topological polar surface area (TPSA) is 66.9 Å². The quantitative estimate of drug-likeness (QED) is 0.705. The van der Waals surface area contributed by atoms with E-state index in [-0.39, 0.29) is 11.6 Å². The summed E-state index contributed by atoms with van der Waals surface area (Å²) in [4.78, 5) is 21.1. The first-order valence-corrected chi connectivity index (χ1v) is 8.62. The molecule has 132 valence electrons. The van der Waals surface area contributed by atoms with Crippen molar-refractivity contribution in [2.75, 3.05) is 10.6 Å². The lowest BCUT2D eigenvalue weighted by Crippen LogP contribution is -2.16. The highest BCUT2D eigenvalue weighted by Gasteiger charge is 2.12. The number of hydrogen-bond donors (Lipinski definition) is 2. The van der Waals surface area contributed by atoms with Crippen LogP contribution in [-0.2, 0) is 6.42 Å². The predicted octanol–water partition coefficient (Wildman–Crippen LogP) is 4.65. The van der Waals surface area contributed by atoms with Crippen LogP contribution in [0.3, 0.4) is 0 Å². The Morgan fingerprint density at radius 2 is 1.85 bits per heavy atom. The van der Waals surface area contributed by atoms with Crippen molar-refractivity contribution in [1.29, 1.82) is 0 Å². The third-order valence-corrected chi connectivity index (χ3v) is 4.15. The highest BCUT2D eigenvalue weighted by Crippen LogP contribution is 2.22. The average Bonchev–Trinajstić information content (AvgIpc) is 2.64. The third-order valence-electron chi connectivity index (χ3n) is 4.15. The summed E-state index contributed by atoms with van der Waals surface area (Å²) in [5.74, 6) is 0.334. The lowest BCUT2D eigenvalue weighted by Gasteiger charge is -2.12. The number of para-hydroxylation sites is 1. The number of aromatic nitrogens is 2. The van der Waals surface area contributed by atoms with Gasteiger partial charge < -0.3 is 10.6 Å². The molecule has 0 atom stereocenters. The minimum atomic E-state index is -0.261. The Hall–Kier alpha value is -3.21. The highest BCUT2D eigenvalue weighted by atomic mass is 16.1. The van der Waals surface area contributed by atoms with Gasteiger partial charge in [-0.15, -0.1) is 0 Å². The molecule has 0 bridgehead atoms. The number of aryl methyl sites for hydroxylation is 3. The highest BCUT2D eigenvalue weighted by molar-refractivity contribution is 6.03. The molecule has 2 N–H and O–H groups in total. The molecule has 5 heteroatoms. The van der Waals surface area contributed by atoms with Crippen LogP contribution in [0.5, 0.6) is 0 Å². The van der Waals surface area contributed by atoms with Crippen molar-refractivity contribution in [2.24, 2.45) is 0 Å². The second-order valence-electron chi connectivity index (χ2n) is 6.20. The number of carbonyl (C=O) groups is 1. The van der Waals surface area contributed by atoms with Gasteiger partial charge in [0, 0.05) is 11.4 Å². The SMILES string of the molecule is CCc1cccc(C)c1NC(=O)c1cnc(Nc2cccc(C)c2)cn1. The average molecular weight is 346 g/mol. The van der Waals surface area contributed by atoms with Crippen molar-refractivity contribution in [1.82, 2.24) is 9.97 Å². The van der Waals surface area contributed by atoms with Gasteiger partial charge in [-0.05, 0) is 49.1 Å². The number of carbonyl (C=O) groups excluding carboxylic acids is 1. The van der Waals surface area contributed by atoms with Gasteiger partial charge >= 0.3 is 0 Å². The number of rotatable bonds is 5. The van der Waals surface area contributed by atoms with Gasteiger partial charge in [-0.1, -0.05) is 37.3 Å². The number of anilines is 3. The van der Waals surface area contributed by atoms with E-state index >= 15 is 0 Å². The molecule has 1 aromatic heterocycles. The summed E-state index contributed by atoms with van der Waals surface area (Å²) in [6, 6.07) is 14.0. The van der Waals surface area contributed by atoms with Gasteiger partial charge in [0.2, 0.25) is 0 Å². The number of benzene rings is 2. The number of nitrogens with one attached hydrogen (secondary N) is 2. The summed E-state index contributed by atoms with van der Waals surface area (Å²) in [5, 5.41) is 6.14. The Labute approximate surface area is 153 Å². The molecule has 26 heavy (non-hydrogen) atoms. The lowest BCUT2D eigenvalue weighted by atomic mass is 10.1. The molecule has 0 aliphatic rings. The summed E-state index contributed by atoms with van der Waals surface area (Å²) in [5.41, 5.74) is 5.36. The van der Waals surface area contributed by atoms with Crippen LogP contribution >= 0.6 is 0 Å². The van der Waals surface area contributed by atoms with Gasteiger partial charge in [-0.25, -0.2) is 9.97 Å². The van der Waals surface area contributed by atoms with E-state index < -0.39 is 0 Å². The maximum Gasteiger partial charge on any atom is 0.275 e. The molecule has 0 saturated heterocycles. The zero-order valence-corrected chi connectivity index (χ0v) is 15.2. The molecule has 0 aliphatic carbocycles. The Morgan fingerprint density at radius 3 is 2.54 bits per heavy atom. The molecule has 0 spiro atoms. The molecular formula is C21H22N4O. The lowest BCUT2D eigenvalue weighted by molar-refractivity contribution is 0.102. The normalized spacial score (nSPS) is 10.4. The van der Waals surface area contributed by atoms with E-state index in [1.165, 1.54) is 6.20 Å². The van der Waals surface area contributed by atoms with Crippen molar-refractivity contribution < 1.29 is 4.79 Å². The summed E-state index contributed by atoms with van der Waals surface area (Å²) in [6.07, 6.45) is 3.90. The second kappa shape index (κ2) is 7.78. The molecule has 3 aromatic rings. The molecule has 0 saturated carbocycles. The molecule has 5 nitrogen and oxygen atoms in total. The molecule has 1 amide bonds. The van der Waals surface area contributed by atoms with E-state index in [1.54, 1.807) is 6.20 Å². The number of nitrogens with zero attached hydrogens (tertiary/aromatic N) is 2. The Balaban J connectivity index is 1.73. The number of amides is 1. The zero-order chi connectivity index (χ0) is 18.5. The van der Waals surface area contributed by atoms with Crippen molar-refractivity contribution in [3.63, 3.8) is 0 Å². The van der Waals surface area contributed by atoms with Crippen molar-refractivity contribution in [2.45, 2.75) is 27.2 Å². The molecule has 3 rings (SSSR count). The molecule has 1 heterocycles. The van der Waals surface area contributed by atoms with Crippen molar-refractivity contribution in [3.05, 3.63) is 77.2 Å². The Kier molecular flexibility index (Phi) is 5.27. The Morgan fingerprint density at radius 1 is 1.04 bits per heavy atom. The van der Waals surface area contributed by atoms with Crippen LogP contribution in [0.1, 0.15) is 34.1 Å². The van der Waals surface area contributed by atoms with Crippen LogP contribution in [0.15, 0.2) is 54.9 Å². The van der Waals surface area contributed by atoms with E-state index in [9.17, 15) is 4.79 Å². The second-order valence-corrected chi connectivity index (χ2v) is 6.20. The van der Waals surface area contributed by atoms with Crippen molar-refractivity contribution >= 4 is 23.1 Å². The fourth-order valence-electron chi connectivity index (χ4n) is 2.76. The van der Waals surface area contributed by atoms with Crippen LogP contribution in [-0.4, -0.2) is 15.9 Å². The van der Waals surface area contributed by atoms with Gasteiger partial charge in [0.15, 0.2) is 0 Å². The first kappa shape index (κ1) is 17.6. The van der Waals surface area contributed by atoms with Gasteiger partial charge in [0.1, 0.15) is 11.5 Å². The van der Waals surface area contributed by atoms with Gasteiger partial charge in [0.25, 0.3) is 5.91 Å². The van der Waals surface area contributed by atoms with Crippen LogP contribution in [0, 0.1) is 13.8 Å². The number of hydrogen-bond acceptors (Lipinski definition) is 4. The van der Waals surface area contributed by atoms with Crippen LogP contribution in [0.2, 0.25) is 0 Å². The maximum atomic E-state index is 12.5. The fourth-order valence-corrected chi connectivity index (χ4v) is 2.76. The monoisotopic (exact) mass is 346 g/mol. The summed E-state index contributed by atoms with van der Waals surface area (Å²) in [6.45, 7) is 6.08. The first-order chi connectivity index (χ1) is 12.6. The molecule has 0 unspecified atom stereocenters. The fraction of sp³-hybridized carbons (Fsp3) is 0.190. The van der Waals surface area contributed by atoms with E-state index in [0.29, 0.717) is 5.82 Å². The summed E-state index contributed by atoms with van der Waals surface area (Å²) >= 11 is 0. The van der Waals surface area contributed by atoms with E-state index in [4.69, 9.17) is 0 Å². The van der Waals surface area contributed by atoms with Crippen molar-refractivity contribution in [3.8, 4) is 0 Å². The van der Waals surface area contributed by atoms with Gasteiger partial charge in [-0.2, -0.15) is 0 Å². The third kappa shape index (κ3) is 4.06. The minimum Gasteiger partial charge on any atom is -0.339 e. The predicted molar refractivity (Wildman–Crippen MR) is 105 cm³/mol. The standard InChI is InChI=1S/C21H22N4O/c1-4-16-9-6-8-15(3)20(16)25-21(26)18-12-23-19(13-22-18)24-17-10-5-7-14(2)11-17/h5-13H,4H2,1-3H3,(H,23,24)(H,25,26). The van der Waals surface area contributed by atoms with Crippen LogP contribution < -0.4 is 10.6 Å². The summed E-state index contributed by atoms with van der Waals surface area (Å²) < 4.78 is 0. The maximum absolute atomic E-state index is 12.5. The molecule has 2 aromatic carbocycles. The van der Waals surface area contributed by atoms with E-state index in [0.717, 1.165) is 34.5 Å². The van der Waals surface area contributed by atoms with E-state index in [1.807, 2.05) is 56.3 Å². The smallest absolute Gasteiger partial charge is 0.275 e. The Bertz CT molecular complexity index is 920. The largest absolute Gasteiger partial charge is 0.339 e. The summed E-state index contributed by atoms with van der Waals surface area (Å²) in [7, 11) is 0. The molecule has 0 fully saturated rings. The molecule has 0 radical (unpaired) electrons. The molecule has 0 aliphatic heterocycles. The van der Waals surface area contributed by atoms with Gasteiger partial charge in [-0.3, -0.25) is 4.79 Å². The van der Waals surface area contributed by atoms with Crippen LogP contribution in [0.4, 0.5) is 17.2 Å².